The van der Waals surface area contributed by atoms with E-state index in [9.17, 15) is 0 Å². The molecule has 1 heterocycles. The fourth-order valence-corrected chi connectivity index (χ4v) is 2.68. The van der Waals surface area contributed by atoms with Crippen molar-refractivity contribution in [3.63, 3.8) is 0 Å². The van der Waals surface area contributed by atoms with E-state index in [2.05, 4.69) is 27.3 Å². The van der Waals surface area contributed by atoms with Crippen LogP contribution in [0.25, 0.3) is 0 Å². The molecule has 1 N–H and O–H groups in total. The van der Waals surface area contributed by atoms with Crippen LogP contribution in [0.5, 0.6) is 5.75 Å². The third-order valence-electron chi connectivity index (χ3n) is 3.14. The van der Waals surface area contributed by atoms with E-state index in [0.29, 0.717) is 0 Å². The van der Waals surface area contributed by atoms with Gasteiger partial charge in [0.25, 0.3) is 0 Å². The van der Waals surface area contributed by atoms with Crippen LogP contribution in [0.15, 0.2) is 34.5 Å². The molecule has 0 saturated heterocycles. The minimum absolute atomic E-state index is 0.162. The van der Waals surface area contributed by atoms with Crippen molar-refractivity contribution < 1.29 is 9.47 Å². The number of halogens is 1. The molecule has 0 spiro atoms. The third-order valence-corrected chi connectivity index (χ3v) is 3.86. The van der Waals surface area contributed by atoms with Gasteiger partial charge in [-0.2, -0.15) is 0 Å². The van der Waals surface area contributed by atoms with E-state index in [1.165, 1.54) is 11.1 Å². The van der Waals surface area contributed by atoms with Gasteiger partial charge in [0.2, 0.25) is 0 Å². The molecular formula is C14H18BrNO2. The smallest absolute Gasteiger partial charge is 0.119 e. The first-order valence-corrected chi connectivity index (χ1v) is 6.87. The Morgan fingerprint density at radius 3 is 2.89 bits per heavy atom. The van der Waals surface area contributed by atoms with Gasteiger partial charge in [0.15, 0.2) is 0 Å². The summed E-state index contributed by atoms with van der Waals surface area (Å²) in [6.07, 6.45) is 4.03. The van der Waals surface area contributed by atoms with Gasteiger partial charge in [-0.25, -0.2) is 0 Å². The van der Waals surface area contributed by atoms with Gasteiger partial charge < -0.3 is 14.8 Å². The first-order valence-electron chi connectivity index (χ1n) is 6.07. The maximum Gasteiger partial charge on any atom is 0.119 e. The highest BCUT2D eigenvalue weighted by atomic mass is 79.9. The molecule has 0 aromatic heterocycles. The molecule has 0 bridgehead atoms. The Bertz CT molecular complexity index is 445. The van der Waals surface area contributed by atoms with Crippen molar-refractivity contribution in [2.45, 2.75) is 18.9 Å². The summed E-state index contributed by atoms with van der Waals surface area (Å²) in [6.45, 7) is 0.819. The highest BCUT2D eigenvalue weighted by Gasteiger charge is 2.20. The third kappa shape index (κ3) is 2.87. The molecule has 1 aliphatic rings. The van der Waals surface area contributed by atoms with E-state index in [1.807, 2.05) is 25.4 Å². The van der Waals surface area contributed by atoms with Crippen molar-refractivity contribution >= 4 is 15.9 Å². The molecule has 1 aliphatic heterocycles. The van der Waals surface area contributed by atoms with Crippen molar-refractivity contribution in [2.24, 2.45) is 0 Å². The van der Waals surface area contributed by atoms with E-state index in [-0.39, 0.29) is 6.04 Å². The van der Waals surface area contributed by atoms with Crippen LogP contribution in [-0.4, -0.2) is 20.8 Å². The highest BCUT2D eigenvalue weighted by Crippen LogP contribution is 2.34. The summed E-state index contributed by atoms with van der Waals surface area (Å²) >= 11 is 3.60. The standard InChI is InChI=1S/C14H18BrNO2/c1-16-14(10-4-3-7-18-9-10)12-8-11(17-2)5-6-13(12)15/h5-6,8-9,14,16H,3-4,7H2,1-2H3. The van der Waals surface area contributed by atoms with Crippen LogP contribution in [0.4, 0.5) is 0 Å². The summed E-state index contributed by atoms with van der Waals surface area (Å²) in [5.41, 5.74) is 2.45. The van der Waals surface area contributed by atoms with E-state index in [4.69, 9.17) is 9.47 Å². The van der Waals surface area contributed by atoms with Gasteiger partial charge in [0.05, 0.1) is 26.0 Å². The molecule has 2 rings (SSSR count). The van der Waals surface area contributed by atoms with Gasteiger partial charge in [-0.15, -0.1) is 0 Å². The second-order valence-corrected chi connectivity index (χ2v) is 5.13. The van der Waals surface area contributed by atoms with Gasteiger partial charge in [0, 0.05) is 4.47 Å². The van der Waals surface area contributed by atoms with E-state index >= 15 is 0 Å². The van der Waals surface area contributed by atoms with Crippen molar-refractivity contribution in [2.75, 3.05) is 20.8 Å². The van der Waals surface area contributed by atoms with Crippen LogP contribution >= 0.6 is 15.9 Å². The number of hydrogen-bond donors (Lipinski definition) is 1. The molecule has 0 saturated carbocycles. The predicted molar refractivity (Wildman–Crippen MR) is 75.8 cm³/mol. The van der Waals surface area contributed by atoms with Gasteiger partial charge in [0.1, 0.15) is 5.75 Å². The first kappa shape index (κ1) is 13.4. The van der Waals surface area contributed by atoms with Crippen LogP contribution in [0.1, 0.15) is 24.4 Å². The average Bonchev–Trinajstić information content (AvgIpc) is 2.43. The van der Waals surface area contributed by atoms with Gasteiger partial charge >= 0.3 is 0 Å². The summed E-state index contributed by atoms with van der Waals surface area (Å²) in [5.74, 6) is 0.866. The second kappa shape index (κ2) is 6.25. The number of likely N-dealkylation sites (N-methyl/N-ethyl adjacent to an activating group) is 1. The lowest BCUT2D eigenvalue weighted by atomic mass is 9.95. The molecule has 18 heavy (non-hydrogen) atoms. The zero-order valence-electron chi connectivity index (χ0n) is 10.7. The molecule has 0 aliphatic carbocycles. The molecule has 1 aromatic carbocycles. The van der Waals surface area contributed by atoms with Crippen molar-refractivity contribution in [1.82, 2.24) is 5.32 Å². The Balaban J connectivity index is 2.34. The Kier molecular flexibility index (Phi) is 4.66. The largest absolute Gasteiger partial charge is 0.501 e. The number of ether oxygens (including phenoxy) is 2. The zero-order valence-corrected chi connectivity index (χ0v) is 12.3. The molecule has 1 unspecified atom stereocenters. The Labute approximate surface area is 116 Å². The van der Waals surface area contributed by atoms with E-state index < -0.39 is 0 Å². The maximum absolute atomic E-state index is 5.43. The van der Waals surface area contributed by atoms with Gasteiger partial charge in [-0.3, -0.25) is 0 Å². The number of benzene rings is 1. The number of methoxy groups -OCH3 is 1. The molecule has 98 valence electrons. The molecule has 0 amide bonds. The van der Waals surface area contributed by atoms with Crippen LogP contribution in [-0.2, 0) is 4.74 Å². The predicted octanol–water partition coefficient (Wildman–Crippen LogP) is 3.41. The van der Waals surface area contributed by atoms with E-state index in [1.54, 1.807) is 7.11 Å². The molecule has 0 fully saturated rings. The Morgan fingerprint density at radius 1 is 1.44 bits per heavy atom. The summed E-state index contributed by atoms with van der Waals surface area (Å²) in [4.78, 5) is 0. The Morgan fingerprint density at radius 2 is 2.28 bits per heavy atom. The summed E-state index contributed by atoms with van der Waals surface area (Å²) in [5, 5.41) is 3.35. The summed E-state index contributed by atoms with van der Waals surface area (Å²) in [7, 11) is 3.65. The molecule has 0 radical (unpaired) electrons. The van der Waals surface area contributed by atoms with Crippen molar-refractivity contribution in [1.29, 1.82) is 0 Å². The van der Waals surface area contributed by atoms with Crippen LogP contribution in [0.3, 0.4) is 0 Å². The lowest BCUT2D eigenvalue weighted by molar-refractivity contribution is 0.220. The van der Waals surface area contributed by atoms with Crippen LogP contribution in [0, 0.1) is 0 Å². The Hall–Kier alpha value is -1.00. The molecule has 3 nitrogen and oxygen atoms in total. The quantitative estimate of drug-likeness (QED) is 0.924. The molecule has 1 aromatic rings. The van der Waals surface area contributed by atoms with Crippen molar-refractivity contribution in [3.05, 3.63) is 40.1 Å². The monoisotopic (exact) mass is 311 g/mol. The summed E-state index contributed by atoms with van der Waals surface area (Å²) in [6, 6.07) is 6.19. The van der Waals surface area contributed by atoms with Gasteiger partial charge in [-0.05, 0) is 49.2 Å². The SMILES string of the molecule is CNC(C1=COCCC1)c1cc(OC)ccc1Br. The molecule has 4 heteroatoms. The number of rotatable bonds is 4. The fraction of sp³-hybridized carbons (Fsp3) is 0.429. The van der Waals surface area contributed by atoms with Crippen LogP contribution < -0.4 is 10.1 Å². The molecule has 1 atom stereocenters. The van der Waals surface area contributed by atoms with Crippen molar-refractivity contribution in [3.8, 4) is 5.75 Å². The normalized spacial score (nSPS) is 16.7. The highest BCUT2D eigenvalue weighted by molar-refractivity contribution is 9.10. The van der Waals surface area contributed by atoms with E-state index in [0.717, 1.165) is 29.7 Å². The molecular weight excluding hydrogens is 294 g/mol. The maximum atomic E-state index is 5.43. The topological polar surface area (TPSA) is 30.5 Å². The minimum atomic E-state index is 0.162. The first-order chi connectivity index (χ1) is 8.76. The average molecular weight is 312 g/mol. The number of hydrogen-bond acceptors (Lipinski definition) is 3. The number of nitrogens with one attached hydrogen (secondary N) is 1. The second-order valence-electron chi connectivity index (χ2n) is 4.28. The van der Waals surface area contributed by atoms with Crippen LogP contribution in [0.2, 0.25) is 0 Å². The lowest BCUT2D eigenvalue weighted by Gasteiger charge is -2.24. The minimum Gasteiger partial charge on any atom is -0.501 e. The fourth-order valence-electron chi connectivity index (χ4n) is 2.21. The lowest BCUT2D eigenvalue weighted by Crippen LogP contribution is -2.21. The summed E-state index contributed by atoms with van der Waals surface area (Å²) < 4.78 is 11.8. The van der Waals surface area contributed by atoms with Gasteiger partial charge in [-0.1, -0.05) is 15.9 Å². The zero-order chi connectivity index (χ0) is 13.0.